The third-order valence-corrected chi connectivity index (χ3v) is 19.3. The molecular formula is C91H152O16P2. The molecule has 0 aromatic rings. The lowest BCUT2D eigenvalue weighted by atomic mass is 10.0. The van der Waals surface area contributed by atoms with E-state index in [4.69, 9.17) is 32.3 Å². The van der Waals surface area contributed by atoms with E-state index in [0.29, 0.717) is 19.3 Å². The van der Waals surface area contributed by atoms with Crippen molar-refractivity contribution in [2.45, 2.75) is 347 Å². The summed E-state index contributed by atoms with van der Waals surface area (Å²) in [5.74, 6) is -1.60. The van der Waals surface area contributed by atoms with Crippen LogP contribution in [0.5, 0.6) is 0 Å². The number of hydrogen-bond acceptors (Lipinski definition) is 14. The molecule has 0 bridgehead atoms. The summed E-state index contributed by atoms with van der Waals surface area (Å²) < 4.78 is 61.3. The first kappa shape index (κ1) is 104. The summed E-state index contributed by atoms with van der Waals surface area (Å²) in [6, 6.07) is 0. The van der Waals surface area contributed by atoms with Gasteiger partial charge in [0.1, 0.15) is 25.4 Å². The van der Waals surface area contributed by atoms with Gasteiger partial charge in [-0.3, -0.25) is 32.5 Å². The lowest BCUT2D eigenvalue weighted by Crippen LogP contribution is -2.30. The molecule has 0 aromatic carbocycles. The molecule has 0 heterocycles. The number of esters is 3. The van der Waals surface area contributed by atoms with Gasteiger partial charge in [-0.25, -0.2) is 9.13 Å². The lowest BCUT2D eigenvalue weighted by Gasteiger charge is -2.21. The number of phosphoric acid groups is 2. The topological polar surface area (TPSA) is 231 Å². The molecule has 5 unspecified atom stereocenters. The highest BCUT2D eigenvalue weighted by molar-refractivity contribution is 7.47. The smallest absolute Gasteiger partial charge is 0.463 e. The highest BCUT2D eigenvalue weighted by Gasteiger charge is 2.29. The maximum Gasteiger partial charge on any atom is 0.472 e. The monoisotopic (exact) mass is 1560 g/mol. The van der Waals surface area contributed by atoms with Crippen LogP contribution in [0.4, 0.5) is 0 Å². The second-order valence-corrected chi connectivity index (χ2v) is 30.7. The summed E-state index contributed by atoms with van der Waals surface area (Å²) >= 11 is 0. The molecule has 18 heteroatoms. The Hall–Kier alpha value is -5.09. The molecule has 0 aliphatic heterocycles. The van der Waals surface area contributed by atoms with E-state index in [-0.39, 0.29) is 19.3 Å². The number of carbonyl (C=O) groups is 3. The zero-order chi connectivity index (χ0) is 79.4. The molecule has 0 aliphatic carbocycles. The van der Waals surface area contributed by atoms with Crippen LogP contribution in [0, 0.1) is 0 Å². The van der Waals surface area contributed by atoms with Crippen molar-refractivity contribution in [1.29, 1.82) is 0 Å². The molecule has 109 heavy (non-hydrogen) atoms. The number of phosphoric ester groups is 2. The number of unbranched alkanes of at least 4 members (excludes halogenated alkanes) is 28. The SMILES string of the molecule is CC/C=C\C/C=C\C/C=C\C/C=C\C/C=C\C/C=C\CCCCCCCCCCCCCCCCC(=O)OCC(O)COP(=O)(O)OCC(O)COP(=O)(O)OCC(COC(=O)CCCCCCCCC/C=C\C/C=C\C/C=C\C/C=C\C/C=C\CC)OC(=O)CCCCCCCCC/C=C\C/C=C\C/C=C\CC. The Kier molecular flexibility index (Phi) is 78.5. The van der Waals surface area contributed by atoms with Crippen LogP contribution in [0.2, 0.25) is 0 Å². The van der Waals surface area contributed by atoms with Crippen LogP contribution in [0.1, 0.15) is 329 Å². The average molecular weight is 1560 g/mol. The molecule has 0 spiro atoms. The lowest BCUT2D eigenvalue weighted by molar-refractivity contribution is -0.161. The van der Waals surface area contributed by atoms with Crippen molar-refractivity contribution in [3.05, 3.63) is 170 Å². The van der Waals surface area contributed by atoms with E-state index in [1.807, 2.05) is 0 Å². The van der Waals surface area contributed by atoms with E-state index < -0.39 is 91.5 Å². The summed E-state index contributed by atoms with van der Waals surface area (Å²) in [5.41, 5.74) is 0. The number of hydrogen-bond donors (Lipinski definition) is 4. The Morgan fingerprint density at radius 3 is 0.725 bits per heavy atom. The first-order valence-corrected chi connectivity index (χ1v) is 45.4. The fraction of sp³-hybridized carbons (Fsp3) is 0.659. The largest absolute Gasteiger partial charge is 0.472 e. The molecular weight excluding hydrogens is 1410 g/mol. The highest BCUT2D eigenvalue weighted by Crippen LogP contribution is 2.45. The second kappa shape index (κ2) is 82.4. The molecule has 0 radical (unpaired) electrons. The van der Waals surface area contributed by atoms with Crippen molar-refractivity contribution in [3.63, 3.8) is 0 Å². The van der Waals surface area contributed by atoms with Crippen LogP contribution in [-0.4, -0.2) is 95.9 Å². The predicted molar refractivity (Wildman–Crippen MR) is 454 cm³/mol. The van der Waals surface area contributed by atoms with Gasteiger partial charge < -0.3 is 34.2 Å². The number of aliphatic hydroxyl groups is 2. The van der Waals surface area contributed by atoms with Crippen molar-refractivity contribution < 1.29 is 75.8 Å². The third-order valence-electron chi connectivity index (χ3n) is 17.4. The number of carbonyl (C=O) groups excluding carboxylic acids is 3. The van der Waals surface area contributed by atoms with Crippen molar-refractivity contribution >= 4 is 33.6 Å². The van der Waals surface area contributed by atoms with E-state index in [0.717, 1.165) is 205 Å². The number of allylic oxidation sites excluding steroid dienone is 28. The predicted octanol–water partition coefficient (Wildman–Crippen LogP) is 25.5. The molecule has 0 saturated heterocycles. The Labute approximate surface area is 662 Å². The Morgan fingerprint density at radius 2 is 0.459 bits per heavy atom. The van der Waals surface area contributed by atoms with Crippen LogP contribution in [0.3, 0.4) is 0 Å². The molecule has 0 aliphatic rings. The molecule has 5 atom stereocenters. The normalized spacial score (nSPS) is 14.7. The van der Waals surface area contributed by atoms with E-state index >= 15 is 0 Å². The van der Waals surface area contributed by atoms with Crippen LogP contribution in [-0.2, 0) is 55.8 Å². The van der Waals surface area contributed by atoms with Crippen LogP contribution < -0.4 is 0 Å². The van der Waals surface area contributed by atoms with Gasteiger partial charge in [-0.2, -0.15) is 0 Å². The van der Waals surface area contributed by atoms with Gasteiger partial charge >= 0.3 is 33.6 Å². The average Bonchev–Trinajstić information content (AvgIpc) is 0.901. The molecule has 0 saturated carbocycles. The van der Waals surface area contributed by atoms with E-state index in [1.165, 1.54) is 64.2 Å². The van der Waals surface area contributed by atoms with Crippen LogP contribution in [0.15, 0.2) is 170 Å². The maximum atomic E-state index is 13.0. The first-order valence-electron chi connectivity index (χ1n) is 42.4. The van der Waals surface area contributed by atoms with Gasteiger partial charge in [0.05, 0.1) is 26.4 Å². The van der Waals surface area contributed by atoms with E-state index in [1.54, 1.807) is 0 Å². The van der Waals surface area contributed by atoms with Gasteiger partial charge in [-0.05, 0) is 148 Å². The minimum absolute atomic E-state index is 0.0862. The van der Waals surface area contributed by atoms with Crippen molar-refractivity contribution in [1.82, 2.24) is 0 Å². The Bertz CT molecular complexity index is 2660. The Morgan fingerprint density at radius 1 is 0.257 bits per heavy atom. The molecule has 16 nitrogen and oxygen atoms in total. The highest BCUT2D eigenvalue weighted by atomic mass is 31.2. The minimum atomic E-state index is -4.94. The number of aliphatic hydroxyl groups excluding tert-OH is 2. The molecule has 0 amide bonds. The molecule has 4 N–H and O–H groups in total. The van der Waals surface area contributed by atoms with Gasteiger partial charge in [0.2, 0.25) is 0 Å². The van der Waals surface area contributed by atoms with Gasteiger partial charge in [0, 0.05) is 19.3 Å². The zero-order valence-corrected chi connectivity index (χ0v) is 70.0. The van der Waals surface area contributed by atoms with Gasteiger partial charge in [-0.15, -0.1) is 0 Å². The van der Waals surface area contributed by atoms with Crippen molar-refractivity contribution in [2.75, 3.05) is 39.6 Å². The minimum Gasteiger partial charge on any atom is -0.463 e. The molecule has 0 rings (SSSR count). The fourth-order valence-electron chi connectivity index (χ4n) is 11.1. The number of rotatable bonds is 79. The summed E-state index contributed by atoms with van der Waals surface area (Å²) in [6.45, 7) is 2.33. The molecule has 0 aromatic heterocycles. The third kappa shape index (κ3) is 83.7. The molecule has 0 fully saturated rings. The zero-order valence-electron chi connectivity index (χ0n) is 68.2. The maximum absolute atomic E-state index is 13.0. The summed E-state index contributed by atoms with van der Waals surface area (Å²) in [4.78, 5) is 58.8. The van der Waals surface area contributed by atoms with Crippen molar-refractivity contribution in [2.24, 2.45) is 0 Å². The number of ether oxygens (including phenoxy) is 3. The van der Waals surface area contributed by atoms with E-state index in [9.17, 15) is 43.5 Å². The Balaban J connectivity index is 4.53. The summed E-state index contributed by atoms with van der Waals surface area (Å²) in [5, 5.41) is 20.7. The van der Waals surface area contributed by atoms with Gasteiger partial charge in [-0.1, -0.05) is 332 Å². The van der Waals surface area contributed by atoms with Gasteiger partial charge in [0.25, 0.3) is 0 Å². The summed E-state index contributed by atoms with van der Waals surface area (Å²) in [6.07, 6.45) is 105. The fourth-order valence-corrected chi connectivity index (χ4v) is 12.7. The van der Waals surface area contributed by atoms with Crippen molar-refractivity contribution in [3.8, 4) is 0 Å². The first-order chi connectivity index (χ1) is 53.2. The molecule has 622 valence electrons. The van der Waals surface area contributed by atoms with Gasteiger partial charge in [0.15, 0.2) is 6.10 Å². The van der Waals surface area contributed by atoms with Crippen LogP contribution in [0.25, 0.3) is 0 Å². The standard InChI is InChI=1S/C91H152O16P2/c1-4-7-10-13-16-19-22-25-28-31-33-35-37-38-39-40-41-42-43-44-45-46-48-50-51-54-56-59-62-65-68-71-74-77-89(94)101-80-86(92)81-103-108(97,98)104-82-87(93)83-105-109(99,100)106-85-88(107-91(96)79-76-73-70-67-64-61-58-53-30-27-24-21-18-15-12-9-6-3)84-102-90(95)78-75-72-69-66-63-60-57-55-52-49-47-36-34-32-29-26-23-20-17-14-11-8-5-2/h7-12,16-21,25-30,33-36,38-39,41-42,49,52,86-88,92-93H,4-6,13-15,22-24,31-32,37,40,43-48,50-51,53-85H2,1-3H3,(H,97,98)(H,99,100)/b10-7-,11-8-,12-9-,19-16-,20-17-,21-18-,28-25-,29-26-,30-27-,35-33-,36-34-,39-38-,42-41-,52-49-. The summed E-state index contributed by atoms with van der Waals surface area (Å²) in [7, 11) is -9.81. The van der Waals surface area contributed by atoms with Crippen LogP contribution >= 0.6 is 15.6 Å². The second-order valence-electron chi connectivity index (χ2n) is 27.8. The quantitative estimate of drug-likeness (QED) is 0.0146. The van der Waals surface area contributed by atoms with E-state index in [2.05, 4.69) is 191 Å².